The van der Waals surface area contributed by atoms with Crippen molar-refractivity contribution in [3.63, 3.8) is 0 Å². The second kappa shape index (κ2) is 6.34. The van der Waals surface area contributed by atoms with E-state index in [1.54, 1.807) is 0 Å². The molecule has 1 aliphatic rings. The largest absolute Gasteiger partial charge is 0.573 e. The number of hydrogen-bond acceptors (Lipinski definition) is 3. The van der Waals surface area contributed by atoms with Gasteiger partial charge in [-0.2, -0.15) is 0 Å². The normalized spacial score (nSPS) is 16.5. The van der Waals surface area contributed by atoms with Crippen LogP contribution in [0.15, 0.2) is 24.3 Å². The minimum absolute atomic E-state index is 0.319. The van der Waals surface area contributed by atoms with Gasteiger partial charge in [0.05, 0.1) is 5.92 Å². The van der Waals surface area contributed by atoms with Gasteiger partial charge in [-0.1, -0.05) is 12.1 Å². The fourth-order valence-corrected chi connectivity index (χ4v) is 2.04. The molecule has 4 nitrogen and oxygen atoms in total. The molecule has 0 aromatic heterocycles. The van der Waals surface area contributed by atoms with Gasteiger partial charge in [-0.15, -0.1) is 13.2 Å². The van der Waals surface area contributed by atoms with Crippen LogP contribution in [0, 0.1) is 5.92 Å². The molecule has 1 fully saturated rings. The van der Waals surface area contributed by atoms with E-state index >= 15 is 0 Å². The number of halogens is 3. The Morgan fingerprint density at radius 2 is 1.95 bits per heavy atom. The van der Waals surface area contributed by atoms with E-state index in [2.05, 4.69) is 10.1 Å². The molecule has 21 heavy (non-hydrogen) atoms. The molecule has 116 valence electrons. The summed E-state index contributed by atoms with van der Waals surface area (Å²) in [4.78, 5) is 11.5. The number of nitrogens with one attached hydrogen (secondary N) is 1. The maximum absolute atomic E-state index is 12.1. The standard InChI is InChI=1S/C14H17F3N2O2/c15-14(16,17)21-11-5-3-10(4-6-11)12(13(18)20)8-19-7-9-1-2-9/h3-6,9,12,19H,1-2,7-8H2,(H2,18,20)/t12-/m1/s1. The average molecular weight is 302 g/mol. The first kappa shape index (κ1) is 15.6. The fourth-order valence-electron chi connectivity index (χ4n) is 2.04. The third kappa shape index (κ3) is 5.26. The summed E-state index contributed by atoms with van der Waals surface area (Å²) in [5, 5.41) is 3.17. The van der Waals surface area contributed by atoms with E-state index in [4.69, 9.17) is 5.73 Å². The number of alkyl halides is 3. The van der Waals surface area contributed by atoms with Gasteiger partial charge < -0.3 is 15.8 Å². The summed E-state index contributed by atoms with van der Waals surface area (Å²) >= 11 is 0. The van der Waals surface area contributed by atoms with Gasteiger partial charge in [0.2, 0.25) is 5.91 Å². The number of primary amides is 1. The van der Waals surface area contributed by atoms with Crippen molar-refractivity contribution in [2.24, 2.45) is 11.7 Å². The van der Waals surface area contributed by atoms with E-state index in [-0.39, 0.29) is 5.75 Å². The summed E-state index contributed by atoms with van der Waals surface area (Å²) < 4.78 is 40.0. The van der Waals surface area contributed by atoms with E-state index < -0.39 is 18.2 Å². The third-order valence-corrected chi connectivity index (χ3v) is 3.34. The van der Waals surface area contributed by atoms with E-state index in [0.717, 1.165) is 6.54 Å². The summed E-state index contributed by atoms with van der Waals surface area (Å²) in [5.41, 5.74) is 5.92. The van der Waals surface area contributed by atoms with Gasteiger partial charge >= 0.3 is 6.36 Å². The second-order valence-corrected chi connectivity index (χ2v) is 5.17. The topological polar surface area (TPSA) is 64.4 Å². The zero-order chi connectivity index (χ0) is 15.5. The van der Waals surface area contributed by atoms with Crippen molar-refractivity contribution in [2.45, 2.75) is 25.1 Å². The SMILES string of the molecule is NC(=O)[C@H](CNCC1CC1)c1ccc(OC(F)(F)F)cc1. The van der Waals surface area contributed by atoms with Crippen LogP contribution in [-0.2, 0) is 4.79 Å². The minimum Gasteiger partial charge on any atom is -0.406 e. The average Bonchev–Trinajstić information content (AvgIpc) is 3.18. The molecule has 0 bridgehead atoms. The summed E-state index contributed by atoms with van der Waals surface area (Å²) in [7, 11) is 0. The Morgan fingerprint density at radius 3 is 2.43 bits per heavy atom. The lowest BCUT2D eigenvalue weighted by atomic mass is 9.98. The number of hydrogen-bond donors (Lipinski definition) is 2. The minimum atomic E-state index is -4.73. The van der Waals surface area contributed by atoms with E-state index in [1.165, 1.54) is 37.1 Å². The van der Waals surface area contributed by atoms with Crippen LogP contribution < -0.4 is 15.8 Å². The molecule has 2 rings (SSSR count). The van der Waals surface area contributed by atoms with Gasteiger partial charge in [0.15, 0.2) is 0 Å². The van der Waals surface area contributed by atoms with Gasteiger partial charge in [-0.05, 0) is 43.0 Å². The number of amides is 1. The number of carbonyl (C=O) groups is 1. The highest BCUT2D eigenvalue weighted by Gasteiger charge is 2.31. The molecule has 1 aliphatic carbocycles. The van der Waals surface area contributed by atoms with Crippen LogP contribution in [0.4, 0.5) is 13.2 Å². The summed E-state index contributed by atoms with van der Waals surface area (Å²) in [5.74, 6) is -0.729. The van der Waals surface area contributed by atoms with Crippen molar-refractivity contribution in [3.8, 4) is 5.75 Å². The molecule has 0 radical (unpaired) electrons. The Bertz CT molecular complexity index is 484. The Balaban J connectivity index is 1.96. The van der Waals surface area contributed by atoms with Crippen molar-refractivity contribution >= 4 is 5.91 Å². The van der Waals surface area contributed by atoms with Crippen molar-refractivity contribution in [2.75, 3.05) is 13.1 Å². The molecule has 1 amide bonds. The van der Waals surface area contributed by atoms with Gasteiger partial charge in [0, 0.05) is 6.54 Å². The number of nitrogens with two attached hydrogens (primary N) is 1. The monoisotopic (exact) mass is 302 g/mol. The molecule has 1 aromatic carbocycles. The lowest BCUT2D eigenvalue weighted by Gasteiger charge is -2.15. The quantitative estimate of drug-likeness (QED) is 0.811. The Morgan fingerprint density at radius 1 is 1.33 bits per heavy atom. The number of ether oxygens (including phenoxy) is 1. The maximum atomic E-state index is 12.1. The number of benzene rings is 1. The van der Waals surface area contributed by atoms with Gasteiger partial charge in [0.1, 0.15) is 5.75 Å². The van der Waals surface area contributed by atoms with Crippen molar-refractivity contribution < 1.29 is 22.7 Å². The van der Waals surface area contributed by atoms with Crippen molar-refractivity contribution in [1.82, 2.24) is 5.32 Å². The second-order valence-electron chi connectivity index (χ2n) is 5.17. The zero-order valence-corrected chi connectivity index (χ0v) is 11.3. The van der Waals surface area contributed by atoms with Gasteiger partial charge in [-0.3, -0.25) is 4.79 Å². The molecule has 7 heteroatoms. The molecule has 1 aromatic rings. The highest BCUT2D eigenvalue weighted by Crippen LogP contribution is 2.28. The van der Waals surface area contributed by atoms with Crippen LogP contribution in [0.25, 0.3) is 0 Å². The van der Waals surface area contributed by atoms with Crippen LogP contribution in [0.5, 0.6) is 5.75 Å². The van der Waals surface area contributed by atoms with Crippen LogP contribution in [0.1, 0.15) is 24.3 Å². The molecular weight excluding hydrogens is 285 g/mol. The fraction of sp³-hybridized carbons (Fsp3) is 0.500. The smallest absolute Gasteiger partial charge is 0.406 e. The van der Waals surface area contributed by atoms with Crippen LogP contribution in [0.3, 0.4) is 0 Å². The van der Waals surface area contributed by atoms with Crippen molar-refractivity contribution in [1.29, 1.82) is 0 Å². The summed E-state index contributed by atoms with van der Waals surface area (Å²) in [6, 6.07) is 5.21. The number of rotatable bonds is 7. The molecule has 0 aliphatic heterocycles. The van der Waals surface area contributed by atoms with E-state index in [1.807, 2.05) is 0 Å². The molecule has 0 unspecified atom stereocenters. The predicted octanol–water partition coefficient (Wildman–Crippen LogP) is 2.15. The van der Waals surface area contributed by atoms with Crippen molar-refractivity contribution in [3.05, 3.63) is 29.8 Å². The van der Waals surface area contributed by atoms with Gasteiger partial charge in [-0.25, -0.2) is 0 Å². The first-order valence-electron chi connectivity index (χ1n) is 6.71. The van der Waals surface area contributed by atoms with E-state index in [0.29, 0.717) is 18.0 Å². The van der Waals surface area contributed by atoms with E-state index in [9.17, 15) is 18.0 Å². The summed E-state index contributed by atoms with van der Waals surface area (Å²) in [6.07, 6.45) is -2.34. The zero-order valence-electron chi connectivity index (χ0n) is 11.3. The summed E-state index contributed by atoms with van der Waals surface area (Å²) in [6.45, 7) is 1.21. The highest BCUT2D eigenvalue weighted by atomic mass is 19.4. The third-order valence-electron chi connectivity index (χ3n) is 3.34. The Kier molecular flexibility index (Phi) is 4.72. The Hall–Kier alpha value is -1.76. The molecule has 0 spiro atoms. The molecule has 1 saturated carbocycles. The molecule has 0 heterocycles. The van der Waals surface area contributed by atoms with Crippen LogP contribution in [-0.4, -0.2) is 25.4 Å². The predicted molar refractivity (Wildman–Crippen MR) is 70.7 cm³/mol. The molecule has 1 atom stereocenters. The molecule has 0 saturated heterocycles. The number of carbonyl (C=O) groups excluding carboxylic acids is 1. The molecule has 3 N–H and O–H groups in total. The molecular formula is C14H17F3N2O2. The van der Waals surface area contributed by atoms with Crippen LogP contribution in [0.2, 0.25) is 0 Å². The maximum Gasteiger partial charge on any atom is 0.573 e. The lowest BCUT2D eigenvalue weighted by Crippen LogP contribution is -2.32. The first-order valence-corrected chi connectivity index (χ1v) is 6.71. The van der Waals surface area contributed by atoms with Gasteiger partial charge in [0.25, 0.3) is 0 Å². The van der Waals surface area contributed by atoms with Crippen LogP contribution >= 0.6 is 0 Å². The Labute approximate surface area is 120 Å². The highest BCUT2D eigenvalue weighted by molar-refractivity contribution is 5.82. The first-order chi connectivity index (χ1) is 9.85. The lowest BCUT2D eigenvalue weighted by molar-refractivity contribution is -0.274.